The maximum atomic E-state index is 13.7. The summed E-state index contributed by atoms with van der Waals surface area (Å²) >= 11 is 0. The third-order valence-corrected chi connectivity index (χ3v) is 9.25. The highest BCUT2D eigenvalue weighted by Gasteiger charge is 2.55. The van der Waals surface area contributed by atoms with E-state index in [1.54, 1.807) is 32.4 Å². The zero-order valence-electron chi connectivity index (χ0n) is 21.8. The molecule has 7 nitrogen and oxygen atoms in total. The minimum absolute atomic E-state index is 0.108. The molecule has 0 spiro atoms. The summed E-state index contributed by atoms with van der Waals surface area (Å²) < 4.78 is 77.0. The monoisotopic (exact) mass is 555 g/mol. The first-order valence-corrected chi connectivity index (χ1v) is 13.8. The fourth-order valence-corrected chi connectivity index (χ4v) is 6.76. The topological polar surface area (TPSA) is 90.9 Å². The number of amides is 1. The number of halogens is 3. The molecular formula is C27H32F3NO6S. The highest BCUT2D eigenvalue weighted by atomic mass is 32.2. The first-order valence-electron chi connectivity index (χ1n) is 12.4. The molecular weight excluding hydrogens is 523 g/mol. The van der Waals surface area contributed by atoms with Gasteiger partial charge in [-0.2, -0.15) is 21.6 Å². The van der Waals surface area contributed by atoms with Crippen LogP contribution in [0.15, 0.2) is 36.4 Å². The van der Waals surface area contributed by atoms with E-state index in [9.17, 15) is 26.4 Å². The second-order valence-electron chi connectivity index (χ2n) is 10.4. The van der Waals surface area contributed by atoms with E-state index in [1.807, 2.05) is 19.9 Å². The Bertz CT molecular complexity index is 1330. The lowest BCUT2D eigenvalue weighted by Crippen LogP contribution is -2.55. The molecule has 208 valence electrons. The summed E-state index contributed by atoms with van der Waals surface area (Å²) in [7, 11) is -2.68. The molecule has 0 radical (unpaired) electrons. The van der Waals surface area contributed by atoms with Gasteiger partial charge in [-0.25, -0.2) is 0 Å². The Kier molecular flexibility index (Phi) is 7.37. The third kappa shape index (κ3) is 4.92. The van der Waals surface area contributed by atoms with Crippen LogP contribution in [-0.2, 0) is 33.3 Å². The standard InChI is InChI=1S/C27H32F3NO6S/c1-25-12-5-13-26(2,24(32)31-16-18-7-9-19(35-3)15-22(18)36-4)23(25)11-8-17-6-10-20(14-21(17)25)37-38(33,34)27(28,29)30/h6-7,9-10,14-15,23H,5,8,11-13,16H2,1-4H3,(H,31,32). The summed E-state index contributed by atoms with van der Waals surface area (Å²) in [4.78, 5) is 13.7. The van der Waals surface area contributed by atoms with Gasteiger partial charge in [0.2, 0.25) is 5.91 Å². The minimum Gasteiger partial charge on any atom is -0.497 e. The van der Waals surface area contributed by atoms with Gasteiger partial charge in [-0.1, -0.05) is 26.3 Å². The molecule has 11 heteroatoms. The SMILES string of the molecule is COc1ccc(CNC(=O)C2(C)CCCC3(C)c4cc(OS(=O)(=O)C(F)(F)F)ccc4CCC23)c(OC)c1. The second kappa shape index (κ2) is 9.98. The zero-order chi connectivity index (χ0) is 27.9. The van der Waals surface area contributed by atoms with Gasteiger partial charge in [-0.3, -0.25) is 4.79 Å². The molecule has 4 rings (SSSR count). The fourth-order valence-electron chi connectivity index (χ4n) is 6.31. The number of alkyl halides is 3. The van der Waals surface area contributed by atoms with Crippen LogP contribution in [0.3, 0.4) is 0 Å². The van der Waals surface area contributed by atoms with Crippen molar-refractivity contribution >= 4 is 16.0 Å². The van der Waals surface area contributed by atoms with Crippen molar-refractivity contribution in [1.82, 2.24) is 5.32 Å². The maximum Gasteiger partial charge on any atom is 0.534 e. The molecule has 2 aromatic rings. The van der Waals surface area contributed by atoms with Crippen LogP contribution in [0.5, 0.6) is 17.2 Å². The third-order valence-electron chi connectivity index (χ3n) is 8.27. The van der Waals surface area contributed by atoms with Gasteiger partial charge in [0.1, 0.15) is 17.2 Å². The van der Waals surface area contributed by atoms with Crippen LogP contribution in [0.25, 0.3) is 0 Å². The van der Waals surface area contributed by atoms with Gasteiger partial charge in [0.05, 0.1) is 19.6 Å². The number of ether oxygens (including phenoxy) is 2. The van der Waals surface area contributed by atoms with Crippen molar-refractivity contribution in [1.29, 1.82) is 0 Å². The maximum absolute atomic E-state index is 13.7. The Morgan fingerprint density at radius 2 is 1.76 bits per heavy atom. The molecule has 38 heavy (non-hydrogen) atoms. The van der Waals surface area contributed by atoms with E-state index < -0.39 is 26.5 Å². The van der Waals surface area contributed by atoms with Crippen LogP contribution in [-0.4, -0.2) is 34.1 Å². The summed E-state index contributed by atoms with van der Waals surface area (Å²) in [5, 5.41) is 3.07. The average molecular weight is 556 g/mol. The molecule has 1 amide bonds. The summed E-state index contributed by atoms with van der Waals surface area (Å²) in [5.74, 6) is 0.631. The van der Waals surface area contributed by atoms with Crippen molar-refractivity contribution < 1.29 is 40.0 Å². The first-order chi connectivity index (χ1) is 17.7. The molecule has 0 saturated heterocycles. The number of hydrogen-bond acceptors (Lipinski definition) is 6. The van der Waals surface area contributed by atoms with Crippen molar-refractivity contribution in [3.8, 4) is 17.2 Å². The molecule has 0 heterocycles. The summed E-state index contributed by atoms with van der Waals surface area (Å²) in [6.45, 7) is 4.21. The number of fused-ring (bicyclic) bond motifs is 3. The summed E-state index contributed by atoms with van der Waals surface area (Å²) in [6.07, 6.45) is 3.45. The van der Waals surface area contributed by atoms with E-state index in [4.69, 9.17) is 9.47 Å². The molecule has 3 unspecified atom stereocenters. The van der Waals surface area contributed by atoms with Crippen molar-refractivity contribution in [2.75, 3.05) is 14.2 Å². The van der Waals surface area contributed by atoms with Crippen LogP contribution in [0.4, 0.5) is 13.2 Å². The van der Waals surface area contributed by atoms with Gasteiger partial charge in [0, 0.05) is 18.2 Å². The number of carbonyl (C=O) groups excluding carboxylic acids is 1. The van der Waals surface area contributed by atoms with Crippen molar-refractivity contribution in [2.24, 2.45) is 11.3 Å². The van der Waals surface area contributed by atoms with Gasteiger partial charge in [-0.15, -0.1) is 0 Å². The highest BCUT2D eigenvalue weighted by Crippen LogP contribution is 2.57. The van der Waals surface area contributed by atoms with E-state index in [2.05, 4.69) is 9.50 Å². The molecule has 3 atom stereocenters. The normalized spacial score (nSPS) is 25.1. The first kappa shape index (κ1) is 28.1. The van der Waals surface area contributed by atoms with Crippen LogP contribution in [0, 0.1) is 11.3 Å². The number of carbonyl (C=O) groups is 1. The van der Waals surface area contributed by atoms with Crippen LogP contribution in [0.2, 0.25) is 0 Å². The van der Waals surface area contributed by atoms with E-state index in [-0.39, 0.29) is 24.1 Å². The molecule has 1 fully saturated rings. The molecule has 2 aliphatic carbocycles. The Morgan fingerprint density at radius 3 is 2.42 bits per heavy atom. The average Bonchev–Trinajstić information content (AvgIpc) is 2.86. The quantitative estimate of drug-likeness (QED) is 0.370. The summed E-state index contributed by atoms with van der Waals surface area (Å²) in [5.41, 5.74) is -4.35. The number of methoxy groups -OCH3 is 2. The van der Waals surface area contributed by atoms with E-state index in [1.165, 1.54) is 12.1 Å². The largest absolute Gasteiger partial charge is 0.534 e. The lowest BCUT2D eigenvalue weighted by molar-refractivity contribution is -0.139. The smallest absolute Gasteiger partial charge is 0.497 e. The number of aryl methyl sites for hydroxylation is 1. The Hall–Kier alpha value is -2.95. The minimum atomic E-state index is -5.79. The van der Waals surface area contributed by atoms with Crippen molar-refractivity contribution in [3.63, 3.8) is 0 Å². The van der Waals surface area contributed by atoms with Gasteiger partial charge in [-0.05, 0) is 72.4 Å². The second-order valence-corrected chi connectivity index (χ2v) is 12.0. The van der Waals surface area contributed by atoms with Crippen molar-refractivity contribution in [3.05, 3.63) is 53.1 Å². The Balaban J connectivity index is 1.59. The number of hydrogen-bond donors (Lipinski definition) is 1. The molecule has 1 N–H and O–H groups in total. The van der Waals surface area contributed by atoms with Crippen LogP contribution in [0.1, 0.15) is 56.2 Å². The van der Waals surface area contributed by atoms with E-state index >= 15 is 0 Å². The summed E-state index contributed by atoms with van der Waals surface area (Å²) in [6, 6.07) is 9.65. The van der Waals surface area contributed by atoms with E-state index in [0.717, 1.165) is 36.0 Å². The molecule has 2 aromatic carbocycles. The highest BCUT2D eigenvalue weighted by molar-refractivity contribution is 7.88. The van der Waals surface area contributed by atoms with Gasteiger partial charge < -0.3 is 19.0 Å². The van der Waals surface area contributed by atoms with Crippen molar-refractivity contribution in [2.45, 2.75) is 63.4 Å². The fraction of sp³-hybridized carbons (Fsp3) is 0.519. The lowest BCUT2D eigenvalue weighted by atomic mass is 9.49. The van der Waals surface area contributed by atoms with Gasteiger partial charge in [0.15, 0.2) is 0 Å². The number of nitrogens with one attached hydrogen (secondary N) is 1. The van der Waals surface area contributed by atoms with Gasteiger partial charge in [0.25, 0.3) is 0 Å². The lowest BCUT2D eigenvalue weighted by Gasteiger charge is -2.54. The molecule has 2 aliphatic rings. The molecule has 0 aromatic heterocycles. The van der Waals surface area contributed by atoms with Crippen LogP contribution >= 0.6 is 0 Å². The predicted octanol–water partition coefficient (Wildman–Crippen LogP) is 5.26. The zero-order valence-corrected chi connectivity index (χ0v) is 22.6. The van der Waals surface area contributed by atoms with Crippen LogP contribution < -0.4 is 19.0 Å². The molecule has 0 aliphatic heterocycles. The molecule has 0 bridgehead atoms. The number of rotatable bonds is 7. The molecule has 1 saturated carbocycles. The Labute approximate surface area is 220 Å². The van der Waals surface area contributed by atoms with Gasteiger partial charge >= 0.3 is 15.6 Å². The Morgan fingerprint density at radius 1 is 1.05 bits per heavy atom. The number of benzene rings is 2. The predicted molar refractivity (Wildman–Crippen MR) is 135 cm³/mol. The van der Waals surface area contributed by atoms with E-state index in [0.29, 0.717) is 24.3 Å².